The molecule has 8 heteroatoms. The molecular formula is C14H21ClF2IN3O. The van der Waals surface area contributed by atoms with E-state index in [0.29, 0.717) is 36.2 Å². The Labute approximate surface area is 151 Å². The van der Waals surface area contributed by atoms with Gasteiger partial charge in [-0.3, -0.25) is 0 Å². The number of guanidine groups is 1. The number of ether oxygens (including phenoxy) is 1. The van der Waals surface area contributed by atoms with Crippen LogP contribution < -0.4 is 15.4 Å². The molecule has 0 aromatic heterocycles. The van der Waals surface area contributed by atoms with Crippen molar-refractivity contribution in [1.29, 1.82) is 0 Å². The second kappa shape index (κ2) is 11.7. The Bertz CT molecular complexity index is 475. The van der Waals surface area contributed by atoms with E-state index in [-0.39, 0.29) is 24.0 Å². The lowest BCUT2D eigenvalue weighted by Gasteiger charge is -2.12. The zero-order valence-electron chi connectivity index (χ0n) is 12.5. The largest absolute Gasteiger partial charge is 0.497 e. The number of nitrogens with zero attached hydrogens (tertiary/aromatic N) is 1. The maximum atomic E-state index is 12.2. The average molecular weight is 448 g/mol. The van der Waals surface area contributed by atoms with Crippen molar-refractivity contribution in [2.45, 2.75) is 19.8 Å². The number of halogens is 4. The number of nitrogens with one attached hydrogen (secondary N) is 2. The van der Waals surface area contributed by atoms with Gasteiger partial charge >= 0.3 is 0 Å². The van der Waals surface area contributed by atoms with Crippen LogP contribution in [0.15, 0.2) is 23.2 Å². The number of aliphatic imine (C=N–C) groups is 1. The molecule has 0 atom stereocenters. The van der Waals surface area contributed by atoms with Gasteiger partial charge in [0.2, 0.25) is 0 Å². The minimum Gasteiger partial charge on any atom is -0.497 e. The summed E-state index contributed by atoms with van der Waals surface area (Å²) < 4.78 is 29.4. The molecule has 0 radical (unpaired) electrons. The third-order valence-electron chi connectivity index (χ3n) is 2.68. The summed E-state index contributed by atoms with van der Waals surface area (Å²) in [6.07, 6.45) is -1.79. The molecule has 0 saturated heterocycles. The molecule has 0 heterocycles. The van der Waals surface area contributed by atoms with Crippen LogP contribution in [0.25, 0.3) is 0 Å². The lowest BCUT2D eigenvalue weighted by atomic mass is 10.1. The van der Waals surface area contributed by atoms with E-state index in [9.17, 15) is 8.78 Å². The second-order valence-electron chi connectivity index (χ2n) is 4.24. The first kappa shape index (κ1) is 21.2. The molecule has 0 aliphatic carbocycles. The molecule has 0 saturated carbocycles. The van der Waals surface area contributed by atoms with Crippen molar-refractivity contribution in [2.75, 3.05) is 26.7 Å². The van der Waals surface area contributed by atoms with Crippen LogP contribution in [0.2, 0.25) is 5.02 Å². The van der Waals surface area contributed by atoms with Crippen molar-refractivity contribution >= 4 is 41.5 Å². The smallest absolute Gasteiger partial charge is 0.257 e. The van der Waals surface area contributed by atoms with Crippen LogP contribution in [0.3, 0.4) is 0 Å². The molecule has 1 rings (SSSR count). The summed E-state index contributed by atoms with van der Waals surface area (Å²) in [5, 5.41) is 6.52. The van der Waals surface area contributed by atoms with Gasteiger partial charge in [-0.1, -0.05) is 17.7 Å². The van der Waals surface area contributed by atoms with Gasteiger partial charge in [0.05, 0.1) is 7.11 Å². The summed E-state index contributed by atoms with van der Waals surface area (Å²) in [7, 11) is 1.58. The van der Waals surface area contributed by atoms with E-state index in [2.05, 4.69) is 15.6 Å². The van der Waals surface area contributed by atoms with Crippen LogP contribution in [0.5, 0.6) is 5.75 Å². The maximum Gasteiger partial charge on any atom is 0.257 e. The van der Waals surface area contributed by atoms with Crippen LogP contribution >= 0.6 is 35.6 Å². The van der Waals surface area contributed by atoms with Crippen LogP contribution in [-0.4, -0.2) is 39.1 Å². The third-order valence-corrected chi connectivity index (χ3v) is 3.03. The standard InChI is InChI=1S/C14H20ClF2N3O.HI/c1-3-18-14(20-9-13(16)17)19-7-6-10-4-5-11(21-2)8-12(10)15;/h4-5,8,13H,3,6-7,9H2,1-2H3,(H2,18,19,20);1H. The Morgan fingerprint density at radius 3 is 2.64 bits per heavy atom. The molecule has 4 nitrogen and oxygen atoms in total. The highest BCUT2D eigenvalue weighted by Gasteiger charge is 2.05. The number of alkyl halides is 2. The Hall–Kier alpha value is -0.830. The first-order valence-corrected chi connectivity index (χ1v) is 7.07. The molecule has 0 fully saturated rings. The van der Waals surface area contributed by atoms with Gasteiger partial charge in [0.25, 0.3) is 6.43 Å². The van der Waals surface area contributed by atoms with Gasteiger partial charge in [0, 0.05) is 18.1 Å². The molecule has 2 N–H and O–H groups in total. The van der Waals surface area contributed by atoms with E-state index in [0.717, 1.165) is 5.56 Å². The highest BCUT2D eigenvalue weighted by molar-refractivity contribution is 14.0. The van der Waals surface area contributed by atoms with Crippen LogP contribution in [0.1, 0.15) is 12.5 Å². The molecule has 1 aromatic carbocycles. The van der Waals surface area contributed by atoms with Gasteiger partial charge in [-0.2, -0.15) is 0 Å². The number of hydrogen-bond acceptors (Lipinski definition) is 2. The molecule has 22 heavy (non-hydrogen) atoms. The van der Waals surface area contributed by atoms with E-state index in [4.69, 9.17) is 16.3 Å². The van der Waals surface area contributed by atoms with E-state index in [1.165, 1.54) is 0 Å². The number of hydrogen-bond donors (Lipinski definition) is 2. The Morgan fingerprint density at radius 1 is 1.36 bits per heavy atom. The van der Waals surface area contributed by atoms with Gasteiger partial charge in [-0.15, -0.1) is 24.0 Å². The molecule has 0 aliphatic rings. The highest BCUT2D eigenvalue weighted by Crippen LogP contribution is 2.22. The Balaban J connectivity index is 0.00000441. The SMILES string of the molecule is CCNC(=NCC(F)F)NCCc1ccc(OC)cc1Cl.I. The predicted octanol–water partition coefficient (Wildman–Crippen LogP) is 3.33. The topological polar surface area (TPSA) is 45.7 Å². The van der Waals surface area contributed by atoms with Crippen LogP contribution in [0, 0.1) is 0 Å². The highest BCUT2D eigenvalue weighted by atomic mass is 127. The fourth-order valence-corrected chi connectivity index (χ4v) is 1.94. The molecule has 0 aliphatic heterocycles. The maximum absolute atomic E-state index is 12.2. The monoisotopic (exact) mass is 447 g/mol. The summed E-state index contributed by atoms with van der Waals surface area (Å²) >= 11 is 6.13. The molecule has 0 amide bonds. The molecule has 0 spiro atoms. The molecular weight excluding hydrogens is 427 g/mol. The Kier molecular flexibility index (Phi) is 11.3. The quantitative estimate of drug-likeness (QED) is 0.383. The first-order chi connectivity index (χ1) is 10.1. The van der Waals surface area contributed by atoms with E-state index < -0.39 is 13.0 Å². The van der Waals surface area contributed by atoms with E-state index in [1.807, 2.05) is 19.1 Å². The van der Waals surface area contributed by atoms with Crippen molar-refractivity contribution < 1.29 is 13.5 Å². The minimum atomic E-state index is -2.45. The van der Waals surface area contributed by atoms with Crippen molar-refractivity contribution in [3.8, 4) is 5.75 Å². The van der Waals surface area contributed by atoms with E-state index >= 15 is 0 Å². The van der Waals surface area contributed by atoms with Crippen molar-refractivity contribution in [2.24, 2.45) is 4.99 Å². The lowest BCUT2D eigenvalue weighted by Crippen LogP contribution is -2.38. The first-order valence-electron chi connectivity index (χ1n) is 6.69. The van der Waals surface area contributed by atoms with Gasteiger partial charge in [0.1, 0.15) is 12.3 Å². The fourth-order valence-electron chi connectivity index (χ4n) is 1.68. The normalized spacial score (nSPS) is 11.1. The zero-order valence-corrected chi connectivity index (χ0v) is 15.6. The summed E-state index contributed by atoms with van der Waals surface area (Å²) in [5.41, 5.74) is 0.953. The van der Waals surface area contributed by atoms with Crippen LogP contribution in [0.4, 0.5) is 8.78 Å². The van der Waals surface area contributed by atoms with Crippen LogP contribution in [-0.2, 0) is 6.42 Å². The number of rotatable bonds is 7. The van der Waals surface area contributed by atoms with Gasteiger partial charge in [-0.25, -0.2) is 13.8 Å². The molecule has 1 aromatic rings. The molecule has 0 bridgehead atoms. The summed E-state index contributed by atoms with van der Waals surface area (Å²) in [5.74, 6) is 1.07. The zero-order chi connectivity index (χ0) is 15.7. The van der Waals surface area contributed by atoms with E-state index in [1.54, 1.807) is 13.2 Å². The number of methoxy groups -OCH3 is 1. The van der Waals surface area contributed by atoms with Crippen molar-refractivity contribution in [3.05, 3.63) is 28.8 Å². The summed E-state index contributed by atoms with van der Waals surface area (Å²) in [4.78, 5) is 3.79. The third kappa shape index (κ3) is 7.98. The average Bonchev–Trinajstić information content (AvgIpc) is 2.46. The van der Waals surface area contributed by atoms with Gasteiger partial charge < -0.3 is 15.4 Å². The van der Waals surface area contributed by atoms with Gasteiger partial charge in [-0.05, 0) is 31.0 Å². The number of benzene rings is 1. The summed E-state index contributed by atoms with van der Waals surface area (Å²) in [6.45, 7) is 2.51. The molecule has 0 unspecified atom stereocenters. The predicted molar refractivity (Wildman–Crippen MR) is 97.1 cm³/mol. The minimum absolute atomic E-state index is 0. The molecule has 126 valence electrons. The Morgan fingerprint density at radius 2 is 2.09 bits per heavy atom. The fraction of sp³-hybridized carbons (Fsp3) is 0.500. The second-order valence-corrected chi connectivity index (χ2v) is 4.65. The summed E-state index contributed by atoms with van der Waals surface area (Å²) in [6, 6.07) is 5.45. The van der Waals surface area contributed by atoms with Crippen molar-refractivity contribution in [3.63, 3.8) is 0 Å². The lowest BCUT2D eigenvalue weighted by molar-refractivity contribution is 0.158. The van der Waals surface area contributed by atoms with Gasteiger partial charge in [0.15, 0.2) is 5.96 Å². The van der Waals surface area contributed by atoms with Crippen molar-refractivity contribution in [1.82, 2.24) is 10.6 Å².